The molecule has 3 aromatic carbocycles. The summed E-state index contributed by atoms with van der Waals surface area (Å²) in [7, 11) is 3.13. The standard InChI is InChI=1S/C32H34O6/c1-4-5-6-7-22-37-27-15-8-24(9-16-27)12-21-32(34)38-28-17-13-26(14-18-28)29(33)19-10-25-11-20-30(35-2)31(23-25)36-3/h8-21,23H,4-7,22H2,1-3H3/b19-10+,21-12+. The number of hydrogen-bond acceptors (Lipinski definition) is 6. The van der Waals surface area contributed by atoms with Crippen LogP contribution in [0.25, 0.3) is 12.2 Å². The maximum Gasteiger partial charge on any atom is 0.336 e. The SMILES string of the molecule is CCCCCCOc1ccc(/C=C/C(=O)Oc2ccc(C(=O)/C=C/c3ccc(OC)c(OC)c3)cc2)cc1. The van der Waals surface area contributed by atoms with Crippen LogP contribution in [0.2, 0.25) is 0 Å². The molecule has 0 radical (unpaired) electrons. The first-order valence-corrected chi connectivity index (χ1v) is 12.7. The van der Waals surface area contributed by atoms with E-state index in [1.807, 2.05) is 30.3 Å². The molecule has 198 valence electrons. The topological polar surface area (TPSA) is 71.1 Å². The van der Waals surface area contributed by atoms with E-state index < -0.39 is 5.97 Å². The number of allylic oxidation sites excluding steroid dienone is 1. The first-order chi connectivity index (χ1) is 18.5. The summed E-state index contributed by atoms with van der Waals surface area (Å²) >= 11 is 0. The third-order valence-corrected chi connectivity index (χ3v) is 5.75. The van der Waals surface area contributed by atoms with Gasteiger partial charge in [0.25, 0.3) is 0 Å². The Kier molecular flexibility index (Phi) is 11.2. The van der Waals surface area contributed by atoms with Crippen molar-refractivity contribution in [2.24, 2.45) is 0 Å². The minimum atomic E-state index is -0.506. The fourth-order valence-electron chi connectivity index (χ4n) is 3.62. The van der Waals surface area contributed by atoms with Crippen LogP contribution in [0.15, 0.2) is 78.9 Å². The first-order valence-electron chi connectivity index (χ1n) is 12.7. The Morgan fingerprint density at radius 1 is 0.711 bits per heavy atom. The van der Waals surface area contributed by atoms with Crippen LogP contribution in [-0.2, 0) is 4.79 Å². The summed E-state index contributed by atoms with van der Waals surface area (Å²) in [5.74, 6) is 1.69. The number of carbonyl (C=O) groups excluding carboxylic acids is 2. The highest BCUT2D eigenvalue weighted by molar-refractivity contribution is 6.06. The summed E-state index contributed by atoms with van der Waals surface area (Å²) in [6.45, 7) is 2.89. The molecule has 6 heteroatoms. The zero-order valence-corrected chi connectivity index (χ0v) is 22.1. The monoisotopic (exact) mass is 514 g/mol. The number of ether oxygens (including phenoxy) is 4. The average Bonchev–Trinajstić information content (AvgIpc) is 2.95. The molecular weight excluding hydrogens is 480 g/mol. The molecule has 0 heterocycles. The van der Waals surface area contributed by atoms with Crippen LogP contribution < -0.4 is 18.9 Å². The molecule has 0 saturated carbocycles. The summed E-state index contributed by atoms with van der Waals surface area (Å²) in [5.41, 5.74) is 2.14. The van der Waals surface area contributed by atoms with Crippen LogP contribution in [-0.4, -0.2) is 32.6 Å². The quantitative estimate of drug-likeness (QED) is 0.0746. The first kappa shape index (κ1) is 28.3. The molecule has 0 N–H and O–H groups in total. The Morgan fingerprint density at radius 2 is 1.37 bits per heavy atom. The van der Waals surface area contributed by atoms with Crippen molar-refractivity contribution in [2.75, 3.05) is 20.8 Å². The van der Waals surface area contributed by atoms with Gasteiger partial charge in [0, 0.05) is 11.6 Å². The molecule has 0 aliphatic rings. The maximum absolute atomic E-state index is 12.5. The number of unbranched alkanes of at least 4 members (excludes halogenated alkanes) is 3. The molecule has 0 unspecified atom stereocenters. The molecule has 0 saturated heterocycles. The van der Waals surface area contributed by atoms with Gasteiger partial charge >= 0.3 is 5.97 Å². The fourth-order valence-corrected chi connectivity index (χ4v) is 3.62. The van der Waals surface area contributed by atoms with Gasteiger partial charge in [-0.3, -0.25) is 4.79 Å². The number of carbonyl (C=O) groups is 2. The predicted octanol–water partition coefficient (Wildman–Crippen LogP) is 7.18. The molecule has 38 heavy (non-hydrogen) atoms. The van der Waals surface area contributed by atoms with Crippen LogP contribution >= 0.6 is 0 Å². The maximum atomic E-state index is 12.5. The lowest BCUT2D eigenvalue weighted by molar-refractivity contribution is -0.128. The van der Waals surface area contributed by atoms with Gasteiger partial charge in [0.05, 0.1) is 20.8 Å². The predicted molar refractivity (Wildman–Crippen MR) is 150 cm³/mol. The van der Waals surface area contributed by atoms with Crippen molar-refractivity contribution < 1.29 is 28.5 Å². The second kappa shape index (κ2) is 15.1. The van der Waals surface area contributed by atoms with Crippen molar-refractivity contribution in [3.63, 3.8) is 0 Å². The van der Waals surface area contributed by atoms with Crippen LogP contribution in [0.4, 0.5) is 0 Å². The number of hydrogen-bond donors (Lipinski definition) is 0. The highest BCUT2D eigenvalue weighted by Gasteiger charge is 2.06. The largest absolute Gasteiger partial charge is 0.494 e. The number of ketones is 1. The van der Waals surface area contributed by atoms with E-state index in [0.717, 1.165) is 23.3 Å². The number of rotatable bonds is 14. The van der Waals surface area contributed by atoms with Crippen molar-refractivity contribution in [3.05, 3.63) is 95.6 Å². The van der Waals surface area contributed by atoms with Gasteiger partial charge < -0.3 is 18.9 Å². The molecule has 0 atom stereocenters. The van der Waals surface area contributed by atoms with Gasteiger partial charge in [0.15, 0.2) is 17.3 Å². The minimum absolute atomic E-state index is 0.175. The van der Waals surface area contributed by atoms with E-state index in [4.69, 9.17) is 18.9 Å². The van der Waals surface area contributed by atoms with Gasteiger partial charge in [0.2, 0.25) is 0 Å². The molecule has 3 rings (SSSR count). The third-order valence-electron chi connectivity index (χ3n) is 5.75. The van der Waals surface area contributed by atoms with E-state index in [0.29, 0.717) is 29.4 Å². The minimum Gasteiger partial charge on any atom is -0.494 e. The Labute approximate surface area is 224 Å². The van der Waals surface area contributed by atoms with Crippen LogP contribution in [0, 0.1) is 0 Å². The van der Waals surface area contributed by atoms with E-state index in [1.165, 1.54) is 31.4 Å². The molecule has 0 aliphatic carbocycles. The second-order valence-electron chi connectivity index (χ2n) is 8.57. The van der Waals surface area contributed by atoms with Gasteiger partial charge in [-0.15, -0.1) is 0 Å². The lowest BCUT2D eigenvalue weighted by atomic mass is 10.1. The summed E-state index contributed by atoms with van der Waals surface area (Å²) in [4.78, 5) is 24.8. The van der Waals surface area contributed by atoms with Gasteiger partial charge in [-0.25, -0.2) is 4.79 Å². The summed E-state index contributed by atoms with van der Waals surface area (Å²) < 4.78 is 21.6. The second-order valence-corrected chi connectivity index (χ2v) is 8.57. The van der Waals surface area contributed by atoms with E-state index in [2.05, 4.69) is 6.92 Å². The Morgan fingerprint density at radius 3 is 2.05 bits per heavy atom. The highest BCUT2D eigenvalue weighted by atomic mass is 16.5. The van der Waals surface area contributed by atoms with Crippen molar-refractivity contribution in [2.45, 2.75) is 32.6 Å². The normalized spacial score (nSPS) is 11.0. The van der Waals surface area contributed by atoms with E-state index in [-0.39, 0.29) is 5.78 Å². The molecule has 0 bridgehead atoms. The van der Waals surface area contributed by atoms with Crippen LogP contribution in [0.3, 0.4) is 0 Å². The van der Waals surface area contributed by atoms with Crippen LogP contribution in [0.1, 0.15) is 54.1 Å². The Balaban J connectivity index is 1.49. The van der Waals surface area contributed by atoms with E-state index in [1.54, 1.807) is 62.8 Å². The zero-order chi connectivity index (χ0) is 27.2. The molecule has 0 aromatic heterocycles. The van der Waals surface area contributed by atoms with E-state index in [9.17, 15) is 9.59 Å². The summed E-state index contributed by atoms with van der Waals surface area (Å²) in [6, 6.07) is 19.4. The molecule has 3 aromatic rings. The molecule has 0 fully saturated rings. The fraction of sp³-hybridized carbons (Fsp3) is 0.250. The van der Waals surface area contributed by atoms with Gasteiger partial charge in [0.1, 0.15) is 11.5 Å². The Bertz CT molecular complexity index is 1240. The number of methoxy groups -OCH3 is 2. The number of benzene rings is 3. The van der Waals surface area contributed by atoms with Crippen molar-refractivity contribution >= 4 is 23.9 Å². The highest BCUT2D eigenvalue weighted by Crippen LogP contribution is 2.28. The van der Waals surface area contributed by atoms with Gasteiger partial charge in [-0.05, 0) is 78.2 Å². The zero-order valence-electron chi connectivity index (χ0n) is 22.1. The van der Waals surface area contributed by atoms with E-state index >= 15 is 0 Å². The molecule has 0 spiro atoms. The summed E-state index contributed by atoms with van der Waals surface area (Å²) in [6.07, 6.45) is 10.9. The molecule has 6 nitrogen and oxygen atoms in total. The molecule has 0 aliphatic heterocycles. The van der Waals surface area contributed by atoms with Crippen molar-refractivity contribution in [3.8, 4) is 23.0 Å². The van der Waals surface area contributed by atoms with Crippen molar-refractivity contribution in [1.29, 1.82) is 0 Å². The summed E-state index contributed by atoms with van der Waals surface area (Å²) in [5, 5.41) is 0. The third kappa shape index (κ3) is 8.96. The smallest absolute Gasteiger partial charge is 0.336 e. The molecule has 0 amide bonds. The van der Waals surface area contributed by atoms with Gasteiger partial charge in [-0.1, -0.05) is 50.5 Å². The van der Waals surface area contributed by atoms with Gasteiger partial charge in [-0.2, -0.15) is 0 Å². The lowest BCUT2D eigenvalue weighted by Gasteiger charge is -2.07. The van der Waals surface area contributed by atoms with Crippen LogP contribution in [0.5, 0.6) is 23.0 Å². The lowest BCUT2D eigenvalue weighted by Crippen LogP contribution is -2.04. The molecular formula is C32H34O6. The Hall–Kier alpha value is -4.32. The number of esters is 1. The van der Waals surface area contributed by atoms with Crippen molar-refractivity contribution in [1.82, 2.24) is 0 Å². The average molecular weight is 515 g/mol.